The van der Waals surface area contributed by atoms with Gasteiger partial charge in [-0.05, 0) is 67.9 Å². The minimum Gasteiger partial charge on any atom is -0.483 e. The number of benzene rings is 3. The van der Waals surface area contributed by atoms with Crippen molar-refractivity contribution in [2.75, 3.05) is 16.6 Å². The molecule has 11 heteroatoms. The Bertz CT molecular complexity index is 1310. The van der Waals surface area contributed by atoms with E-state index in [0.717, 1.165) is 11.6 Å². The minimum absolute atomic E-state index is 0.0200. The Morgan fingerprint density at radius 1 is 0.941 bits per heavy atom. The molecule has 0 heterocycles. The van der Waals surface area contributed by atoms with Crippen LogP contribution in [0, 0.1) is 19.7 Å². The average Bonchev–Trinajstić information content (AvgIpc) is 2.75. The summed E-state index contributed by atoms with van der Waals surface area (Å²) in [6.07, 6.45) is -4.91. The highest BCUT2D eigenvalue weighted by atomic mass is 32.2. The predicted molar refractivity (Wildman–Crippen MR) is 119 cm³/mol. The number of ether oxygens (including phenoxy) is 1. The molecule has 0 aliphatic carbocycles. The summed E-state index contributed by atoms with van der Waals surface area (Å²) in [6.45, 7) is 2.89. The first-order valence-electron chi connectivity index (χ1n) is 9.85. The molecule has 0 aromatic heterocycles. The predicted octanol–water partition coefficient (Wildman–Crippen LogP) is 5.28. The van der Waals surface area contributed by atoms with Gasteiger partial charge in [-0.1, -0.05) is 17.7 Å². The fourth-order valence-electron chi connectivity index (χ4n) is 2.95. The number of alkyl halides is 3. The summed E-state index contributed by atoms with van der Waals surface area (Å²) < 4.78 is 84.9. The summed E-state index contributed by atoms with van der Waals surface area (Å²) in [5, 5.41) is 2.20. The molecule has 0 spiro atoms. The largest absolute Gasteiger partial charge is 0.483 e. The lowest BCUT2D eigenvalue weighted by atomic mass is 10.2. The van der Waals surface area contributed by atoms with E-state index in [4.69, 9.17) is 4.74 Å². The Kier molecular flexibility index (Phi) is 7.15. The third-order valence-corrected chi connectivity index (χ3v) is 6.05. The van der Waals surface area contributed by atoms with Gasteiger partial charge in [0.25, 0.3) is 15.9 Å². The van der Waals surface area contributed by atoms with Crippen LogP contribution in [0.3, 0.4) is 0 Å². The molecule has 2 N–H and O–H groups in total. The van der Waals surface area contributed by atoms with Gasteiger partial charge >= 0.3 is 6.18 Å². The number of sulfonamides is 1. The Balaban J connectivity index is 1.65. The molecule has 3 aromatic rings. The number of hydrogen-bond donors (Lipinski definition) is 2. The quantitative estimate of drug-likeness (QED) is 0.436. The van der Waals surface area contributed by atoms with Crippen LogP contribution in [0.15, 0.2) is 65.6 Å². The number of carbonyl (C=O) groups excluding carboxylic acids is 1. The number of rotatable bonds is 7. The minimum atomic E-state index is -4.91. The molecule has 3 aromatic carbocycles. The van der Waals surface area contributed by atoms with Crippen LogP contribution in [0.2, 0.25) is 0 Å². The van der Waals surface area contributed by atoms with E-state index in [-0.39, 0.29) is 16.3 Å². The molecule has 6 nitrogen and oxygen atoms in total. The van der Waals surface area contributed by atoms with E-state index in [1.54, 1.807) is 31.2 Å². The van der Waals surface area contributed by atoms with E-state index in [1.807, 2.05) is 6.92 Å². The molecule has 1 amide bonds. The summed E-state index contributed by atoms with van der Waals surface area (Å²) in [5.74, 6) is -2.03. The highest BCUT2D eigenvalue weighted by Crippen LogP contribution is 2.33. The monoisotopic (exact) mass is 496 g/mol. The maximum Gasteiger partial charge on any atom is 0.419 e. The van der Waals surface area contributed by atoms with Crippen molar-refractivity contribution < 1.29 is 35.5 Å². The lowest BCUT2D eigenvalue weighted by molar-refractivity contribution is -0.140. The average molecular weight is 496 g/mol. The second-order valence-electron chi connectivity index (χ2n) is 7.43. The third-order valence-electron chi connectivity index (χ3n) is 4.67. The second-order valence-corrected chi connectivity index (χ2v) is 9.11. The first-order chi connectivity index (χ1) is 15.8. The zero-order valence-electron chi connectivity index (χ0n) is 18.0. The molecule has 0 atom stereocenters. The van der Waals surface area contributed by atoms with E-state index < -0.39 is 40.1 Å². The van der Waals surface area contributed by atoms with Gasteiger partial charge in [0.1, 0.15) is 11.6 Å². The normalized spacial score (nSPS) is 11.7. The molecular formula is C23H20F4N2O4S. The SMILES string of the molecule is Cc1ccc(NS(=O)(=O)c2ccc(OCC(=O)Nc3ccc(F)c(C(F)(F)F)c3)c(C)c2)cc1. The van der Waals surface area contributed by atoms with Crippen LogP contribution in [-0.2, 0) is 21.0 Å². The van der Waals surface area contributed by atoms with Crippen LogP contribution < -0.4 is 14.8 Å². The van der Waals surface area contributed by atoms with Gasteiger partial charge in [0.05, 0.1) is 10.5 Å². The molecule has 34 heavy (non-hydrogen) atoms. The molecular weight excluding hydrogens is 476 g/mol. The summed E-state index contributed by atoms with van der Waals surface area (Å²) in [5.41, 5.74) is 0.0424. The number of aryl methyl sites for hydroxylation is 2. The number of halogens is 4. The number of anilines is 2. The van der Waals surface area contributed by atoms with Crippen molar-refractivity contribution in [1.29, 1.82) is 0 Å². The number of carbonyl (C=O) groups is 1. The van der Waals surface area contributed by atoms with E-state index >= 15 is 0 Å². The van der Waals surface area contributed by atoms with Gasteiger partial charge in [-0.15, -0.1) is 0 Å². The molecule has 3 rings (SSSR count). The van der Waals surface area contributed by atoms with E-state index in [0.29, 0.717) is 23.4 Å². The molecule has 0 radical (unpaired) electrons. The smallest absolute Gasteiger partial charge is 0.419 e. The molecule has 0 fully saturated rings. The molecule has 0 saturated carbocycles. The van der Waals surface area contributed by atoms with Gasteiger partial charge in [0.2, 0.25) is 0 Å². The fraction of sp³-hybridized carbons (Fsp3) is 0.174. The van der Waals surface area contributed by atoms with Crippen LogP contribution >= 0.6 is 0 Å². The van der Waals surface area contributed by atoms with Crippen molar-refractivity contribution in [1.82, 2.24) is 0 Å². The first-order valence-corrected chi connectivity index (χ1v) is 11.3. The highest BCUT2D eigenvalue weighted by molar-refractivity contribution is 7.92. The van der Waals surface area contributed by atoms with Crippen molar-refractivity contribution >= 4 is 27.3 Å². The number of nitrogens with one attached hydrogen (secondary N) is 2. The van der Waals surface area contributed by atoms with Crippen LogP contribution in [-0.4, -0.2) is 20.9 Å². The van der Waals surface area contributed by atoms with Gasteiger partial charge < -0.3 is 10.1 Å². The van der Waals surface area contributed by atoms with Gasteiger partial charge in [-0.2, -0.15) is 13.2 Å². The summed E-state index contributed by atoms with van der Waals surface area (Å²) in [7, 11) is -3.86. The Labute approximate surface area is 193 Å². The van der Waals surface area contributed by atoms with E-state index in [9.17, 15) is 30.8 Å². The van der Waals surface area contributed by atoms with Gasteiger partial charge in [0, 0.05) is 11.4 Å². The highest BCUT2D eigenvalue weighted by Gasteiger charge is 2.34. The summed E-state index contributed by atoms with van der Waals surface area (Å²) in [4.78, 5) is 12.1. The molecule has 0 unspecified atom stereocenters. The Hall–Kier alpha value is -3.60. The van der Waals surface area contributed by atoms with Crippen molar-refractivity contribution in [2.24, 2.45) is 0 Å². The second kappa shape index (κ2) is 9.72. The standard InChI is InChI=1S/C23H20F4N2O4S/c1-14-3-5-16(6-4-14)29-34(31,32)18-8-10-21(15(2)11-18)33-13-22(30)28-17-7-9-20(24)19(12-17)23(25,26)27/h3-12,29H,13H2,1-2H3,(H,28,30). The topological polar surface area (TPSA) is 84.5 Å². The van der Waals surface area contributed by atoms with Gasteiger partial charge in [-0.3, -0.25) is 9.52 Å². The zero-order chi connectivity index (χ0) is 25.1. The van der Waals surface area contributed by atoms with Crippen molar-refractivity contribution in [2.45, 2.75) is 24.9 Å². The number of amides is 1. The molecule has 0 bridgehead atoms. The Morgan fingerprint density at radius 3 is 2.21 bits per heavy atom. The van der Waals surface area contributed by atoms with Crippen molar-refractivity contribution in [3.63, 3.8) is 0 Å². The van der Waals surface area contributed by atoms with Gasteiger partial charge in [-0.25, -0.2) is 12.8 Å². The van der Waals surface area contributed by atoms with Crippen molar-refractivity contribution in [3.05, 3.63) is 83.2 Å². The maximum absolute atomic E-state index is 13.4. The molecule has 0 aliphatic rings. The molecule has 180 valence electrons. The van der Waals surface area contributed by atoms with Crippen LogP contribution in [0.4, 0.5) is 28.9 Å². The molecule has 0 saturated heterocycles. The lowest BCUT2D eigenvalue weighted by Crippen LogP contribution is -2.21. The zero-order valence-corrected chi connectivity index (χ0v) is 18.9. The van der Waals surface area contributed by atoms with Crippen LogP contribution in [0.5, 0.6) is 5.75 Å². The number of hydrogen-bond acceptors (Lipinski definition) is 4. The van der Waals surface area contributed by atoms with Crippen LogP contribution in [0.1, 0.15) is 16.7 Å². The first kappa shape index (κ1) is 25.0. The van der Waals surface area contributed by atoms with Crippen molar-refractivity contribution in [3.8, 4) is 5.75 Å². The molecule has 0 aliphatic heterocycles. The van der Waals surface area contributed by atoms with Gasteiger partial charge in [0.15, 0.2) is 6.61 Å². The summed E-state index contributed by atoms with van der Waals surface area (Å²) >= 11 is 0. The fourth-order valence-corrected chi connectivity index (χ4v) is 4.09. The lowest BCUT2D eigenvalue weighted by Gasteiger charge is -2.13. The third kappa shape index (κ3) is 6.25. The Morgan fingerprint density at radius 2 is 1.59 bits per heavy atom. The van der Waals surface area contributed by atoms with E-state index in [2.05, 4.69) is 10.0 Å². The summed E-state index contributed by atoms with van der Waals surface area (Å²) in [6, 6.07) is 12.9. The van der Waals surface area contributed by atoms with E-state index in [1.165, 1.54) is 18.2 Å². The maximum atomic E-state index is 13.4. The van der Waals surface area contributed by atoms with Crippen LogP contribution in [0.25, 0.3) is 0 Å².